The van der Waals surface area contributed by atoms with Gasteiger partial charge in [0.2, 0.25) is 0 Å². The Morgan fingerprint density at radius 2 is 1.61 bits per heavy atom. The summed E-state index contributed by atoms with van der Waals surface area (Å²) in [6, 6.07) is 20.4. The third-order valence-electron chi connectivity index (χ3n) is 5.23. The van der Waals surface area contributed by atoms with Crippen molar-refractivity contribution in [2.45, 2.75) is 18.9 Å². The van der Waals surface area contributed by atoms with Crippen LogP contribution >= 0.6 is 0 Å². The van der Waals surface area contributed by atoms with Crippen molar-refractivity contribution in [3.63, 3.8) is 0 Å². The number of aromatic nitrogens is 1. The zero-order valence-electron chi connectivity index (χ0n) is 17.6. The highest BCUT2D eigenvalue weighted by molar-refractivity contribution is 5.92. The largest absolute Gasteiger partial charge is 0.479 e. The van der Waals surface area contributed by atoms with E-state index in [1.54, 1.807) is 0 Å². The van der Waals surface area contributed by atoms with Crippen LogP contribution in [0.15, 0.2) is 66.7 Å². The number of hydroxylamine groups is 1. The first-order valence-electron chi connectivity index (χ1n) is 10.2. The summed E-state index contributed by atoms with van der Waals surface area (Å²) in [5, 5.41) is 11.3. The second-order valence-electron chi connectivity index (χ2n) is 7.39. The van der Waals surface area contributed by atoms with Crippen LogP contribution in [0.4, 0.5) is 10.6 Å². The first-order valence-corrected chi connectivity index (χ1v) is 10.2. The molecule has 2 amide bonds. The predicted octanol–water partition coefficient (Wildman–Crippen LogP) is 3.58. The Morgan fingerprint density at radius 3 is 2.24 bits per heavy atom. The average Bonchev–Trinajstić information content (AvgIpc) is 3.15. The van der Waals surface area contributed by atoms with Crippen LogP contribution in [0.5, 0.6) is 0 Å². The number of carbonyl (C=O) groups excluding carboxylic acids is 2. The number of amides is 2. The molecular weight excluding hydrogens is 426 g/mol. The molecule has 9 heteroatoms. The van der Waals surface area contributed by atoms with E-state index >= 15 is 0 Å². The average molecular weight is 447 g/mol. The van der Waals surface area contributed by atoms with Crippen molar-refractivity contribution in [1.29, 1.82) is 0 Å². The van der Waals surface area contributed by atoms with Gasteiger partial charge in [0.15, 0.2) is 6.10 Å². The molecule has 0 saturated carbocycles. The number of nitrogens with one attached hydrogen (secondary N) is 2. The smallest absolute Gasteiger partial charge is 0.412 e. The molecule has 1 heterocycles. The van der Waals surface area contributed by atoms with Gasteiger partial charge in [-0.25, -0.2) is 20.1 Å². The van der Waals surface area contributed by atoms with Crippen molar-refractivity contribution in [2.24, 2.45) is 0 Å². The maximum atomic E-state index is 12.4. The summed E-state index contributed by atoms with van der Waals surface area (Å²) in [5.41, 5.74) is 6.40. The number of carboxylic acids is 1. The highest BCUT2D eigenvalue weighted by Crippen LogP contribution is 2.44. The van der Waals surface area contributed by atoms with Gasteiger partial charge in [0.25, 0.3) is 5.91 Å². The monoisotopic (exact) mass is 447 g/mol. The van der Waals surface area contributed by atoms with Crippen molar-refractivity contribution in [3.8, 4) is 11.1 Å². The number of ether oxygens (including phenoxy) is 1. The topological polar surface area (TPSA) is 127 Å². The molecule has 1 aromatic heterocycles. The summed E-state index contributed by atoms with van der Waals surface area (Å²) in [6.45, 7) is 1.41. The minimum absolute atomic E-state index is 0.0657. The number of pyridine rings is 1. The fourth-order valence-electron chi connectivity index (χ4n) is 3.61. The van der Waals surface area contributed by atoms with Gasteiger partial charge in [-0.1, -0.05) is 54.6 Å². The van der Waals surface area contributed by atoms with Gasteiger partial charge in [0.1, 0.15) is 18.1 Å². The zero-order valence-corrected chi connectivity index (χ0v) is 17.6. The summed E-state index contributed by atoms with van der Waals surface area (Å²) in [6.07, 6.45) is -1.94. The van der Waals surface area contributed by atoms with E-state index in [0.29, 0.717) is 0 Å². The number of benzene rings is 2. The molecule has 0 radical (unpaired) electrons. The van der Waals surface area contributed by atoms with Crippen LogP contribution in [0.1, 0.15) is 34.5 Å². The normalized spacial score (nSPS) is 12.9. The lowest BCUT2D eigenvalue weighted by molar-refractivity contribution is -0.152. The first kappa shape index (κ1) is 22.0. The van der Waals surface area contributed by atoms with Gasteiger partial charge in [-0.05, 0) is 41.3 Å². The van der Waals surface area contributed by atoms with Crippen LogP contribution in [-0.4, -0.2) is 40.8 Å². The van der Waals surface area contributed by atoms with E-state index in [4.69, 9.17) is 14.7 Å². The standard InChI is InChI=1S/C24H21N3O6/c1-14(23(29)30)33-27-22(28)20-11-6-12-21(25-20)26-24(31)32-13-19-17-9-4-2-7-15(17)16-8-3-5-10-18(16)19/h2-12,14,19H,13H2,1H3,(H,27,28)(H,29,30)(H,25,26,31). The molecule has 0 spiro atoms. The van der Waals surface area contributed by atoms with Crippen LogP contribution in [0.25, 0.3) is 11.1 Å². The van der Waals surface area contributed by atoms with E-state index in [1.165, 1.54) is 25.1 Å². The quantitative estimate of drug-likeness (QED) is 0.473. The lowest BCUT2D eigenvalue weighted by Crippen LogP contribution is -2.33. The summed E-state index contributed by atoms with van der Waals surface area (Å²) in [5.74, 6) is -1.96. The van der Waals surface area contributed by atoms with Crippen molar-refractivity contribution < 1.29 is 29.1 Å². The Morgan fingerprint density at radius 1 is 0.970 bits per heavy atom. The molecule has 3 aromatic rings. The molecule has 33 heavy (non-hydrogen) atoms. The first-order chi connectivity index (χ1) is 15.9. The maximum Gasteiger partial charge on any atom is 0.412 e. The van der Waals surface area contributed by atoms with E-state index in [0.717, 1.165) is 22.3 Å². The summed E-state index contributed by atoms with van der Waals surface area (Å²) >= 11 is 0. The second-order valence-corrected chi connectivity index (χ2v) is 7.39. The maximum absolute atomic E-state index is 12.4. The molecule has 0 bridgehead atoms. The van der Waals surface area contributed by atoms with E-state index in [-0.39, 0.29) is 24.0 Å². The summed E-state index contributed by atoms with van der Waals surface area (Å²) < 4.78 is 5.47. The van der Waals surface area contributed by atoms with Gasteiger partial charge >= 0.3 is 12.1 Å². The van der Waals surface area contributed by atoms with Gasteiger partial charge in [-0.15, -0.1) is 0 Å². The van der Waals surface area contributed by atoms with Crippen LogP contribution < -0.4 is 10.8 Å². The number of anilines is 1. The molecule has 1 aliphatic carbocycles. The Kier molecular flexibility index (Phi) is 6.32. The molecule has 2 aromatic carbocycles. The summed E-state index contributed by atoms with van der Waals surface area (Å²) in [4.78, 5) is 44.0. The van der Waals surface area contributed by atoms with Gasteiger partial charge in [-0.3, -0.25) is 14.9 Å². The molecule has 168 valence electrons. The molecule has 1 aliphatic rings. The number of aliphatic carboxylic acids is 1. The summed E-state index contributed by atoms with van der Waals surface area (Å²) in [7, 11) is 0. The highest BCUT2D eigenvalue weighted by atomic mass is 16.7. The minimum Gasteiger partial charge on any atom is -0.479 e. The van der Waals surface area contributed by atoms with Crippen molar-refractivity contribution >= 4 is 23.8 Å². The minimum atomic E-state index is -1.23. The van der Waals surface area contributed by atoms with E-state index in [2.05, 4.69) is 22.4 Å². The molecule has 4 rings (SSSR count). The van der Waals surface area contributed by atoms with E-state index < -0.39 is 24.1 Å². The number of rotatable bonds is 7. The molecule has 3 N–H and O–H groups in total. The Hall–Kier alpha value is -4.24. The molecule has 0 saturated heterocycles. The van der Waals surface area contributed by atoms with Crippen molar-refractivity contribution in [2.75, 3.05) is 11.9 Å². The van der Waals surface area contributed by atoms with Crippen LogP contribution in [0.3, 0.4) is 0 Å². The van der Waals surface area contributed by atoms with Crippen molar-refractivity contribution in [3.05, 3.63) is 83.6 Å². The lowest BCUT2D eigenvalue weighted by atomic mass is 9.98. The molecule has 1 unspecified atom stereocenters. The van der Waals surface area contributed by atoms with Gasteiger partial charge in [0, 0.05) is 5.92 Å². The number of carbonyl (C=O) groups is 3. The molecule has 0 aliphatic heterocycles. The molecule has 1 atom stereocenters. The molecular formula is C24H21N3O6. The fourth-order valence-corrected chi connectivity index (χ4v) is 3.61. The zero-order chi connectivity index (χ0) is 23.4. The van der Waals surface area contributed by atoms with Crippen LogP contribution in [0, 0.1) is 0 Å². The predicted molar refractivity (Wildman–Crippen MR) is 119 cm³/mol. The number of nitrogens with zero attached hydrogens (tertiary/aromatic N) is 1. The molecule has 0 fully saturated rings. The van der Waals surface area contributed by atoms with E-state index in [1.807, 2.05) is 41.9 Å². The van der Waals surface area contributed by atoms with Gasteiger partial charge in [-0.2, -0.15) is 0 Å². The lowest BCUT2D eigenvalue weighted by Gasteiger charge is -2.14. The SMILES string of the molecule is CC(ONC(=O)c1cccc(NC(=O)OCC2c3ccccc3-c3ccccc32)n1)C(=O)O. The highest BCUT2D eigenvalue weighted by Gasteiger charge is 2.29. The van der Waals surface area contributed by atoms with Crippen LogP contribution in [-0.2, 0) is 14.4 Å². The number of fused-ring (bicyclic) bond motifs is 3. The Balaban J connectivity index is 1.38. The third kappa shape index (κ3) is 4.83. The van der Waals surface area contributed by atoms with Crippen molar-refractivity contribution in [1.82, 2.24) is 10.5 Å². The van der Waals surface area contributed by atoms with Gasteiger partial charge in [0.05, 0.1) is 0 Å². The fraction of sp³-hybridized carbons (Fsp3) is 0.167. The number of hydrogen-bond donors (Lipinski definition) is 3. The van der Waals surface area contributed by atoms with Gasteiger partial charge < -0.3 is 9.84 Å². The third-order valence-corrected chi connectivity index (χ3v) is 5.23. The van der Waals surface area contributed by atoms with E-state index in [9.17, 15) is 14.4 Å². The molecule has 9 nitrogen and oxygen atoms in total. The van der Waals surface area contributed by atoms with Crippen LogP contribution in [0.2, 0.25) is 0 Å². The number of carboxylic acid groups (broad SMARTS) is 1. The Labute approximate surface area is 189 Å². The number of hydrogen-bond acceptors (Lipinski definition) is 6. The second kappa shape index (κ2) is 9.49. The Bertz CT molecular complexity index is 1170.